The fraction of sp³-hybridized carbons (Fsp3) is 0.857. The Labute approximate surface area is 129 Å². The van der Waals surface area contributed by atoms with E-state index in [1.165, 1.54) is 0 Å². The fourth-order valence-corrected chi connectivity index (χ4v) is 6.74. The third-order valence-corrected chi connectivity index (χ3v) is 8.06. The largest absolute Gasteiger partial charge is 0.348 e. The smallest absolute Gasteiger partial charge is 0.331 e. The molecule has 7 nitrogen and oxygen atoms in total. The van der Waals surface area contributed by atoms with Gasteiger partial charge in [0.1, 0.15) is 0 Å². The maximum atomic E-state index is 13.0. The van der Waals surface area contributed by atoms with Gasteiger partial charge in [-0.2, -0.15) is 0 Å². The third-order valence-electron chi connectivity index (χ3n) is 5.29. The predicted octanol–water partition coefficient (Wildman–Crippen LogP) is 1.21. The molecule has 3 aliphatic rings. The van der Waals surface area contributed by atoms with E-state index in [-0.39, 0.29) is 10.3 Å². The van der Waals surface area contributed by atoms with E-state index < -0.39 is 39.0 Å². The van der Waals surface area contributed by atoms with E-state index in [0.29, 0.717) is 32.1 Å². The first-order chi connectivity index (χ1) is 10.4. The molecule has 2 saturated carbocycles. The van der Waals surface area contributed by atoms with Crippen LogP contribution in [0.15, 0.2) is 0 Å². The van der Waals surface area contributed by atoms with Crippen LogP contribution < -0.4 is 5.32 Å². The predicted molar refractivity (Wildman–Crippen MR) is 77.9 cm³/mol. The molecule has 1 saturated heterocycles. The summed E-state index contributed by atoms with van der Waals surface area (Å²) in [5.41, 5.74) is 0. The summed E-state index contributed by atoms with van der Waals surface area (Å²) in [5, 5.41) is 11.0. The van der Waals surface area contributed by atoms with Crippen molar-refractivity contribution in [2.45, 2.75) is 67.9 Å². The molecule has 3 fully saturated rings. The molecule has 0 radical (unpaired) electrons. The Hall–Kier alpha value is -1.15. The summed E-state index contributed by atoms with van der Waals surface area (Å²) in [5.74, 6) is -1.32. The Kier molecular flexibility index (Phi) is 4.15. The van der Waals surface area contributed by atoms with Crippen molar-refractivity contribution in [3.05, 3.63) is 0 Å². The molecule has 0 spiro atoms. The highest BCUT2D eigenvalue weighted by Crippen LogP contribution is 2.37. The number of sulfone groups is 1. The minimum absolute atomic E-state index is 0.0801. The van der Waals surface area contributed by atoms with Gasteiger partial charge in [-0.3, -0.25) is 10.0 Å². The maximum absolute atomic E-state index is 13.0. The minimum Gasteiger partial charge on any atom is -0.331 e. The monoisotopic (exact) mass is 330 g/mol. The van der Waals surface area contributed by atoms with E-state index >= 15 is 0 Å². The summed E-state index contributed by atoms with van der Waals surface area (Å²) < 4.78 is 25.9. The van der Waals surface area contributed by atoms with Crippen LogP contribution in [-0.4, -0.2) is 47.2 Å². The summed E-state index contributed by atoms with van der Waals surface area (Å²) in [6.45, 7) is 0. The molecular weight excluding hydrogens is 308 g/mol. The van der Waals surface area contributed by atoms with Crippen molar-refractivity contribution in [3.63, 3.8) is 0 Å². The van der Waals surface area contributed by atoms with E-state index in [4.69, 9.17) is 0 Å². The second-order valence-electron chi connectivity index (χ2n) is 6.55. The van der Waals surface area contributed by atoms with Gasteiger partial charge in [-0.25, -0.2) is 13.2 Å². The molecule has 22 heavy (non-hydrogen) atoms. The lowest BCUT2D eigenvalue weighted by molar-refractivity contribution is -0.163. The maximum Gasteiger partial charge on any atom is 0.348 e. The number of hydroxylamine groups is 2. The van der Waals surface area contributed by atoms with Gasteiger partial charge in [-0.15, -0.1) is 5.06 Å². The number of fused-ring (bicyclic) bond motifs is 1. The molecule has 3 rings (SSSR count). The van der Waals surface area contributed by atoms with Gasteiger partial charge in [0.05, 0.1) is 22.5 Å². The Bertz CT molecular complexity index is 570. The van der Waals surface area contributed by atoms with Gasteiger partial charge in [0.15, 0.2) is 9.84 Å². The van der Waals surface area contributed by atoms with Crippen LogP contribution >= 0.6 is 0 Å². The van der Waals surface area contributed by atoms with Crippen molar-refractivity contribution in [2.24, 2.45) is 5.92 Å². The SMILES string of the molecule is O=C1NC2C(CCCC2S(=O)(=O)C2CCCCC2)C(=O)N1O. The number of hydrogen-bond donors (Lipinski definition) is 2. The minimum atomic E-state index is -3.39. The van der Waals surface area contributed by atoms with E-state index in [1.54, 1.807) is 0 Å². The van der Waals surface area contributed by atoms with Crippen LogP contribution in [0, 0.1) is 5.92 Å². The molecule has 3 amide bonds. The third kappa shape index (κ3) is 2.52. The second kappa shape index (κ2) is 5.81. The Balaban J connectivity index is 1.86. The molecular formula is C14H22N2O5S. The molecule has 3 unspecified atom stereocenters. The zero-order valence-electron chi connectivity index (χ0n) is 12.4. The quantitative estimate of drug-likeness (QED) is 0.741. The average Bonchev–Trinajstić information content (AvgIpc) is 2.53. The molecule has 1 aliphatic heterocycles. The van der Waals surface area contributed by atoms with Gasteiger partial charge in [0.2, 0.25) is 0 Å². The standard InChI is InChI=1S/C14H22N2O5S/c17-13-10-7-4-8-11(12(10)15-14(18)16(13)19)22(20,21)9-5-2-1-3-6-9/h9-12,19H,1-8H2,(H,15,18). The number of carbonyl (C=O) groups is 2. The molecule has 3 atom stereocenters. The van der Waals surface area contributed by atoms with Crippen LogP contribution in [0.1, 0.15) is 51.4 Å². The van der Waals surface area contributed by atoms with Crippen molar-refractivity contribution >= 4 is 21.8 Å². The van der Waals surface area contributed by atoms with Crippen LogP contribution in [0.25, 0.3) is 0 Å². The second-order valence-corrected chi connectivity index (χ2v) is 9.00. The first kappa shape index (κ1) is 15.7. The highest BCUT2D eigenvalue weighted by Gasteiger charge is 2.51. The summed E-state index contributed by atoms with van der Waals surface area (Å²) in [7, 11) is -3.39. The van der Waals surface area contributed by atoms with Gasteiger partial charge in [0.25, 0.3) is 5.91 Å². The number of urea groups is 1. The number of amides is 3. The Morgan fingerprint density at radius 1 is 1.00 bits per heavy atom. The van der Waals surface area contributed by atoms with Crippen molar-refractivity contribution in [3.8, 4) is 0 Å². The van der Waals surface area contributed by atoms with E-state index in [2.05, 4.69) is 5.32 Å². The zero-order valence-corrected chi connectivity index (χ0v) is 13.2. The summed E-state index contributed by atoms with van der Waals surface area (Å²) in [6, 6.07) is -1.62. The van der Waals surface area contributed by atoms with Crippen LogP contribution in [0.3, 0.4) is 0 Å². The van der Waals surface area contributed by atoms with Gasteiger partial charge >= 0.3 is 6.03 Å². The zero-order chi connectivity index (χ0) is 15.9. The number of nitrogens with zero attached hydrogens (tertiary/aromatic N) is 1. The number of hydrogen-bond acceptors (Lipinski definition) is 5. The van der Waals surface area contributed by atoms with Gasteiger partial charge < -0.3 is 5.32 Å². The van der Waals surface area contributed by atoms with Gasteiger partial charge in [-0.1, -0.05) is 25.7 Å². The van der Waals surface area contributed by atoms with Crippen molar-refractivity contribution in [1.82, 2.24) is 10.4 Å². The Morgan fingerprint density at radius 3 is 2.36 bits per heavy atom. The molecule has 124 valence electrons. The van der Waals surface area contributed by atoms with Crippen molar-refractivity contribution < 1.29 is 23.2 Å². The number of nitrogens with one attached hydrogen (secondary N) is 1. The van der Waals surface area contributed by atoms with E-state index in [0.717, 1.165) is 19.3 Å². The first-order valence-electron chi connectivity index (χ1n) is 7.99. The molecule has 0 aromatic rings. The fourth-order valence-electron chi connectivity index (χ4n) is 4.10. The summed E-state index contributed by atoms with van der Waals surface area (Å²) in [4.78, 5) is 23.7. The van der Waals surface area contributed by atoms with Crippen molar-refractivity contribution in [1.29, 1.82) is 0 Å². The lowest BCUT2D eigenvalue weighted by Crippen LogP contribution is -2.65. The molecule has 2 aliphatic carbocycles. The molecule has 8 heteroatoms. The highest BCUT2D eigenvalue weighted by molar-refractivity contribution is 7.92. The lowest BCUT2D eigenvalue weighted by Gasteiger charge is -2.43. The molecule has 0 aromatic heterocycles. The summed E-state index contributed by atoms with van der Waals surface area (Å²) in [6.07, 6.45) is 5.83. The van der Waals surface area contributed by atoms with E-state index in [1.807, 2.05) is 0 Å². The van der Waals surface area contributed by atoms with Crippen LogP contribution in [0.2, 0.25) is 0 Å². The van der Waals surface area contributed by atoms with Crippen LogP contribution in [0.5, 0.6) is 0 Å². The van der Waals surface area contributed by atoms with Gasteiger partial charge in [-0.05, 0) is 25.7 Å². The molecule has 0 aromatic carbocycles. The average molecular weight is 330 g/mol. The van der Waals surface area contributed by atoms with E-state index in [9.17, 15) is 23.2 Å². The normalized spacial score (nSPS) is 34.2. The molecule has 2 N–H and O–H groups in total. The first-order valence-corrected chi connectivity index (χ1v) is 9.60. The highest BCUT2D eigenvalue weighted by atomic mass is 32.2. The number of rotatable bonds is 2. The van der Waals surface area contributed by atoms with Gasteiger partial charge in [0, 0.05) is 0 Å². The van der Waals surface area contributed by atoms with Crippen LogP contribution in [-0.2, 0) is 14.6 Å². The number of imide groups is 1. The lowest BCUT2D eigenvalue weighted by atomic mass is 9.82. The molecule has 0 bridgehead atoms. The number of carbonyl (C=O) groups excluding carboxylic acids is 2. The topological polar surface area (TPSA) is 104 Å². The van der Waals surface area contributed by atoms with Crippen LogP contribution in [0.4, 0.5) is 4.79 Å². The Morgan fingerprint density at radius 2 is 1.68 bits per heavy atom. The summed E-state index contributed by atoms with van der Waals surface area (Å²) >= 11 is 0. The van der Waals surface area contributed by atoms with Crippen molar-refractivity contribution in [2.75, 3.05) is 0 Å². The molecule has 1 heterocycles.